The van der Waals surface area contributed by atoms with E-state index in [9.17, 15) is 13.2 Å². The third-order valence-electron chi connectivity index (χ3n) is 5.90. The van der Waals surface area contributed by atoms with E-state index in [0.717, 1.165) is 28.0 Å². The van der Waals surface area contributed by atoms with Crippen LogP contribution < -0.4 is 9.62 Å². The number of anilines is 2. The third kappa shape index (κ3) is 6.81. The van der Waals surface area contributed by atoms with Crippen LogP contribution in [0.2, 0.25) is 0 Å². The van der Waals surface area contributed by atoms with Gasteiger partial charge in [-0.1, -0.05) is 60.2 Å². The van der Waals surface area contributed by atoms with Crippen LogP contribution in [0, 0.1) is 20.8 Å². The summed E-state index contributed by atoms with van der Waals surface area (Å²) in [7, 11) is -3.96. The zero-order valence-corrected chi connectivity index (χ0v) is 22.8. The van der Waals surface area contributed by atoms with Crippen molar-refractivity contribution in [1.82, 2.24) is 0 Å². The Morgan fingerprint density at radius 2 is 1.54 bits per heavy atom. The van der Waals surface area contributed by atoms with Gasteiger partial charge in [0.05, 0.1) is 10.6 Å². The maximum Gasteiger partial charge on any atom is 0.264 e. The number of nitrogens with one attached hydrogen (secondary N) is 1. The number of sulfonamides is 1. The molecule has 0 unspecified atom stereocenters. The Morgan fingerprint density at radius 3 is 2.22 bits per heavy atom. The van der Waals surface area contributed by atoms with Crippen molar-refractivity contribution < 1.29 is 13.2 Å². The van der Waals surface area contributed by atoms with E-state index in [1.54, 1.807) is 54.2 Å². The Hall–Kier alpha value is -3.55. The summed E-state index contributed by atoms with van der Waals surface area (Å²) in [6.07, 6.45) is 0. The van der Waals surface area contributed by atoms with E-state index in [2.05, 4.69) is 17.4 Å². The van der Waals surface area contributed by atoms with Crippen LogP contribution in [0.1, 0.15) is 22.3 Å². The minimum atomic E-state index is -3.96. The van der Waals surface area contributed by atoms with Gasteiger partial charge < -0.3 is 5.32 Å². The Labute approximate surface area is 223 Å². The number of benzene rings is 4. The number of hydrogen-bond donors (Lipinski definition) is 1. The molecule has 0 bridgehead atoms. The lowest BCUT2D eigenvalue weighted by atomic mass is 10.1. The van der Waals surface area contributed by atoms with Gasteiger partial charge in [-0.2, -0.15) is 0 Å². The van der Waals surface area contributed by atoms with Crippen LogP contribution in [0.3, 0.4) is 0 Å². The summed E-state index contributed by atoms with van der Waals surface area (Å²) < 4.78 is 28.3. The molecule has 37 heavy (non-hydrogen) atoms. The molecule has 7 heteroatoms. The van der Waals surface area contributed by atoms with Gasteiger partial charge in [0.25, 0.3) is 10.0 Å². The minimum Gasteiger partial charge on any atom is -0.324 e. The first-order valence-corrected chi connectivity index (χ1v) is 14.4. The Balaban J connectivity index is 1.52. The molecule has 0 spiro atoms. The number of thioether (sulfide) groups is 1. The van der Waals surface area contributed by atoms with Gasteiger partial charge in [-0.3, -0.25) is 9.10 Å². The van der Waals surface area contributed by atoms with Crippen LogP contribution in [0.5, 0.6) is 0 Å². The van der Waals surface area contributed by atoms with E-state index in [1.165, 1.54) is 9.20 Å². The highest BCUT2D eigenvalue weighted by Crippen LogP contribution is 2.27. The molecule has 1 N–H and O–H groups in total. The summed E-state index contributed by atoms with van der Waals surface area (Å²) >= 11 is 1.75. The van der Waals surface area contributed by atoms with Crippen LogP contribution in [-0.4, -0.2) is 20.9 Å². The normalized spacial score (nSPS) is 11.2. The number of carbonyl (C=O) groups excluding carboxylic acids is 1. The van der Waals surface area contributed by atoms with Crippen molar-refractivity contribution in [2.75, 3.05) is 16.2 Å². The molecular formula is C30H30N2O3S2. The fraction of sp³-hybridized carbons (Fsp3) is 0.167. The fourth-order valence-electron chi connectivity index (χ4n) is 3.89. The molecule has 0 fully saturated rings. The Bertz CT molecular complexity index is 1490. The molecule has 4 aromatic carbocycles. The smallest absolute Gasteiger partial charge is 0.264 e. The van der Waals surface area contributed by atoms with Gasteiger partial charge in [0.2, 0.25) is 5.91 Å². The third-order valence-corrected chi connectivity index (χ3v) is 8.77. The van der Waals surface area contributed by atoms with Crippen molar-refractivity contribution in [2.45, 2.75) is 36.3 Å². The quantitative estimate of drug-likeness (QED) is 0.244. The second-order valence-electron chi connectivity index (χ2n) is 8.96. The highest BCUT2D eigenvalue weighted by atomic mass is 32.2. The average Bonchev–Trinajstić information content (AvgIpc) is 2.88. The molecule has 0 aliphatic heterocycles. The molecule has 0 saturated heterocycles. The first kappa shape index (κ1) is 26.5. The highest BCUT2D eigenvalue weighted by molar-refractivity contribution is 7.98. The van der Waals surface area contributed by atoms with Gasteiger partial charge in [0.15, 0.2) is 0 Å². The summed E-state index contributed by atoms with van der Waals surface area (Å²) in [5, 5.41) is 2.91. The second-order valence-corrected chi connectivity index (χ2v) is 11.9. The average molecular weight is 531 g/mol. The summed E-state index contributed by atoms with van der Waals surface area (Å²) in [6, 6.07) is 29.9. The molecule has 4 aromatic rings. The molecular weight excluding hydrogens is 500 g/mol. The van der Waals surface area contributed by atoms with Crippen molar-refractivity contribution in [2.24, 2.45) is 0 Å². The molecule has 1 amide bonds. The summed E-state index contributed by atoms with van der Waals surface area (Å²) in [4.78, 5) is 14.5. The highest BCUT2D eigenvalue weighted by Gasteiger charge is 2.27. The van der Waals surface area contributed by atoms with Gasteiger partial charge in [0.1, 0.15) is 6.54 Å². The molecule has 0 aliphatic rings. The number of amides is 1. The van der Waals surface area contributed by atoms with Crippen LogP contribution in [0.15, 0.2) is 107 Å². The van der Waals surface area contributed by atoms with E-state index < -0.39 is 15.9 Å². The van der Waals surface area contributed by atoms with E-state index in [0.29, 0.717) is 11.4 Å². The summed E-state index contributed by atoms with van der Waals surface area (Å²) in [5.41, 5.74) is 5.04. The summed E-state index contributed by atoms with van der Waals surface area (Å²) in [6.45, 7) is 5.38. The zero-order chi connectivity index (χ0) is 26.4. The molecule has 0 aromatic heterocycles. The largest absolute Gasteiger partial charge is 0.324 e. The maximum atomic E-state index is 13.6. The van der Waals surface area contributed by atoms with Gasteiger partial charge in [0, 0.05) is 16.3 Å². The Morgan fingerprint density at radius 1 is 0.811 bits per heavy atom. The van der Waals surface area contributed by atoms with Crippen molar-refractivity contribution >= 4 is 39.1 Å². The SMILES string of the molecule is Cc1ccc(S(=O)(=O)N(CC(=O)Nc2ccc(CSc3ccccc3)cc2C)c2cccc(C)c2)cc1. The predicted octanol–water partition coefficient (Wildman–Crippen LogP) is 6.74. The zero-order valence-electron chi connectivity index (χ0n) is 21.1. The standard InChI is InChI=1S/C30H30N2O3S2/c1-22-12-15-28(16-13-22)37(34,35)32(26-9-7-8-23(2)18-26)20-30(33)31-29-17-14-25(19-24(29)3)21-36-27-10-5-4-6-11-27/h4-19H,20-21H2,1-3H3,(H,31,33). The lowest BCUT2D eigenvalue weighted by Crippen LogP contribution is -2.38. The predicted molar refractivity (Wildman–Crippen MR) is 153 cm³/mol. The van der Waals surface area contributed by atoms with Crippen molar-refractivity contribution in [1.29, 1.82) is 0 Å². The Kier molecular flexibility index (Phi) is 8.36. The van der Waals surface area contributed by atoms with Gasteiger partial charge >= 0.3 is 0 Å². The van der Waals surface area contributed by atoms with Crippen molar-refractivity contribution in [3.8, 4) is 0 Å². The van der Waals surface area contributed by atoms with Crippen molar-refractivity contribution in [3.05, 3.63) is 119 Å². The molecule has 0 saturated carbocycles. The van der Waals surface area contributed by atoms with E-state index in [-0.39, 0.29) is 11.4 Å². The maximum absolute atomic E-state index is 13.6. The van der Waals surface area contributed by atoms with E-state index in [1.807, 2.05) is 63.2 Å². The van der Waals surface area contributed by atoms with Crippen LogP contribution >= 0.6 is 11.8 Å². The molecule has 0 radical (unpaired) electrons. The second kappa shape index (κ2) is 11.7. The lowest BCUT2D eigenvalue weighted by Gasteiger charge is -2.24. The molecule has 0 atom stereocenters. The molecule has 0 heterocycles. The first-order chi connectivity index (χ1) is 17.7. The fourth-order valence-corrected chi connectivity index (χ4v) is 6.17. The lowest BCUT2D eigenvalue weighted by molar-refractivity contribution is -0.114. The summed E-state index contributed by atoms with van der Waals surface area (Å²) in [5.74, 6) is 0.404. The van der Waals surface area contributed by atoms with Gasteiger partial charge in [-0.25, -0.2) is 8.42 Å². The number of nitrogens with zero attached hydrogens (tertiary/aromatic N) is 1. The number of hydrogen-bond acceptors (Lipinski definition) is 4. The number of carbonyl (C=O) groups is 1. The number of aryl methyl sites for hydroxylation is 3. The monoisotopic (exact) mass is 530 g/mol. The van der Waals surface area contributed by atoms with E-state index >= 15 is 0 Å². The first-order valence-electron chi connectivity index (χ1n) is 12.0. The van der Waals surface area contributed by atoms with Crippen LogP contribution in [-0.2, 0) is 20.6 Å². The molecule has 190 valence electrons. The van der Waals surface area contributed by atoms with E-state index in [4.69, 9.17) is 0 Å². The minimum absolute atomic E-state index is 0.142. The van der Waals surface area contributed by atoms with Gasteiger partial charge in [-0.05, 0) is 79.9 Å². The number of rotatable bonds is 9. The molecule has 4 rings (SSSR count). The topological polar surface area (TPSA) is 66.5 Å². The molecule has 5 nitrogen and oxygen atoms in total. The van der Waals surface area contributed by atoms with Crippen molar-refractivity contribution in [3.63, 3.8) is 0 Å². The van der Waals surface area contributed by atoms with Crippen LogP contribution in [0.25, 0.3) is 0 Å². The molecule has 0 aliphatic carbocycles. The van der Waals surface area contributed by atoms with Gasteiger partial charge in [-0.15, -0.1) is 11.8 Å². The van der Waals surface area contributed by atoms with Crippen LogP contribution in [0.4, 0.5) is 11.4 Å².